The predicted octanol–water partition coefficient (Wildman–Crippen LogP) is 4.19. The number of hydrogen-bond donors (Lipinski definition) is 1. The standard InChI is InChI=1S/C19H26N2/c1-3-12-20-19(14(2)15-8-9-15)13-17-11-10-16-6-4-5-7-18(16)21-17/h4-7,10-11,14-15,19-20H,3,8-9,12-13H2,1-2H3. The van der Waals surface area contributed by atoms with Gasteiger partial charge in [0.1, 0.15) is 0 Å². The van der Waals surface area contributed by atoms with E-state index in [1.807, 2.05) is 0 Å². The highest BCUT2D eigenvalue weighted by atomic mass is 14.9. The van der Waals surface area contributed by atoms with Crippen molar-refractivity contribution in [3.8, 4) is 0 Å². The van der Waals surface area contributed by atoms with Gasteiger partial charge in [0.05, 0.1) is 5.52 Å². The Morgan fingerprint density at radius 3 is 2.76 bits per heavy atom. The molecule has 1 aromatic heterocycles. The van der Waals surface area contributed by atoms with E-state index in [1.54, 1.807) is 0 Å². The van der Waals surface area contributed by atoms with E-state index in [0.717, 1.165) is 30.3 Å². The van der Waals surface area contributed by atoms with Crippen LogP contribution in [0.2, 0.25) is 0 Å². The van der Waals surface area contributed by atoms with Gasteiger partial charge in [-0.2, -0.15) is 0 Å². The molecule has 2 unspecified atom stereocenters. The van der Waals surface area contributed by atoms with Crippen molar-refractivity contribution >= 4 is 10.9 Å². The molecular formula is C19H26N2. The minimum atomic E-state index is 0.561. The summed E-state index contributed by atoms with van der Waals surface area (Å²) in [7, 11) is 0. The molecule has 21 heavy (non-hydrogen) atoms. The summed E-state index contributed by atoms with van der Waals surface area (Å²) in [6.07, 6.45) is 5.06. The largest absolute Gasteiger partial charge is 0.313 e. The Morgan fingerprint density at radius 1 is 1.19 bits per heavy atom. The zero-order valence-corrected chi connectivity index (χ0v) is 13.2. The average molecular weight is 282 g/mol. The first-order chi connectivity index (χ1) is 10.3. The molecule has 2 aromatic rings. The summed E-state index contributed by atoms with van der Waals surface area (Å²) >= 11 is 0. The van der Waals surface area contributed by atoms with E-state index >= 15 is 0 Å². The lowest BCUT2D eigenvalue weighted by Crippen LogP contribution is -2.38. The molecule has 1 heterocycles. The number of aromatic nitrogens is 1. The van der Waals surface area contributed by atoms with Crippen LogP contribution in [-0.2, 0) is 6.42 Å². The summed E-state index contributed by atoms with van der Waals surface area (Å²) in [5.74, 6) is 1.68. The first-order valence-corrected chi connectivity index (χ1v) is 8.36. The molecule has 1 aliphatic rings. The lowest BCUT2D eigenvalue weighted by molar-refractivity contribution is 0.338. The second-order valence-electron chi connectivity index (χ2n) is 6.46. The Bertz CT molecular complexity index is 589. The first kappa shape index (κ1) is 14.5. The first-order valence-electron chi connectivity index (χ1n) is 8.36. The maximum Gasteiger partial charge on any atom is 0.0705 e. The van der Waals surface area contributed by atoms with Gasteiger partial charge in [-0.15, -0.1) is 0 Å². The second kappa shape index (κ2) is 6.57. The number of nitrogens with one attached hydrogen (secondary N) is 1. The fourth-order valence-electron chi connectivity index (χ4n) is 3.17. The van der Waals surface area contributed by atoms with Crippen molar-refractivity contribution in [1.29, 1.82) is 0 Å². The molecule has 112 valence electrons. The molecule has 3 rings (SSSR count). The number of rotatable bonds is 7. The zero-order valence-electron chi connectivity index (χ0n) is 13.2. The summed E-state index contributed by atoms with van der Waals surface area (Å²) in [5.41, 5.74) is 2.33. The summed E-state index contributed by atoms with van der Waals surface area (Å²) in [6, 6.07) is 13.3. The van der Waals surface area contributed by atoms with Gasteiger partial charge in [0.25, 0.3) is 0 Å². The quantitative estimate of drug-likeness (QED) is 0.823. The second-order valence-corrected chi connectivity index (χ2v) is 6.46. The molecule has 0 amide bonds. The monoisotopic (exact) mass is 282 g/mol. The maximum atomic E-state index is 4.85. The van der Waals surface area contributed by atoms with E-state index in [0.29, 0.717) is 6.04 Å². The molecule has 1 saturated carbocycles. The topological polar surface area (TPSA) is 24.9 Å². The van der Waals surface area contributed by atoms with E-state index in [-0.39, 0.29) is 0 Å². The Labute approximate surface area is 128 Å². The molecule has 0 bridgehead atoms. The molecule has 1 fully saturated rings. The van der Waals surface area contributed by atoms with E-state index in [4.69, 9.17) is 4.98 Å². The van der Waals surface area contributed by atoms with Crippen LogP contribution >= 0.6 is 0 Å². The van der Waals surface area contributed by atoms with Crippen LogP contribution in [0.4, 0.5) is 0 Å². The van der Waals surface area contributed by atoms with Crippen LogP contribution in [0.3, 0.4) is 0 Å². The molecule has 0 saturated heterocycles. The van der Waals surface area contributed by atoms with Gasteiger partial charge in [-0.1, -0.05) is 38.1 Å². The van der Waals surface area contributed by atoms with Gasteiger partial charge in [-0.05, 0) is 49.8 Å². The lowest BCUT2D eigenvalue weighted by atomic mass is 9.92. The van der Waals surface area contributed by atoms with Crippen LogP contribution in [0.15, 0.2) is 36.4 Å². The van der Waals surface area contributed by atoms with Gasteiger partial charge >= 0.3 is 0 Å². The van der Waals surface area contributed by atoms with Crippen LogP contribution in [0.5, 0.6) is 0 Å². The van der Waals surface area contributed by atoms with Crippen LogP contribution in [-0.4, -0.2) is 17.6 Å². The van der Waals surface area contributed by atoms with Gasteiger partial charge in [0, 0.05) is 23.5 Å². The predicted molar refractivity (Wildman–Crippen MR) is 89.4 cm³/mol. The van der Waals surface area contributed by atoms with Crippen molar-refractivity contribution in [3.05, 3.63) is 42.1 Å². The lowest BCUT2D eigenvalue weighted by Gasteiger charge is -2.25. The molecule has 1 aliphatic carbocycles. The smallest absolute Gasteiger partial charge is 0.0705 e. The van der Waals surface area contributed by atoms with E-state index in [2.05, 4.69) is 55.6 Å². The van der Waals surface area contributed by atoms with Crippen molar-refractivity contribution in [2.45, 2.75) is 45.6 Å². The third-order valence-corrected chi connectivity index (χ3v) is 4.74. The zero-order chi connectivity index (χ0) is 14.7. The summed E-state index contributed by atoms with van der Waals surface area (Å²) in [4.78, 5) is 4.85. The fraction of sp³-hybridized carbons (Fsp3) is 0.526. The van der Waals surface area contributed by atoms with Crippen molar-refractivity contribution in [1.82, 2.24) is 10.3 Å². The third-order valence-electron chi connectivity index (χ3n) is 4.74. The van der Waals surface area contributed by atoms with Crippen LogP contribution in [0.25, 0.3) is 10.9 Å². The Kier molecular flexibility index (Phi) is 4.54. The molecule has 0 spiro atoms. The molecule has 2 nitrogen and oxygen atoms in total. The van der Waals surface area contributed by atoms with Crippen LogP contribution in [0, 0.1) is 11.8 Å². The molecule has 2 heteroatoms. The normalized spacial score (nSPS) is 17.8. The molecule has 2 atom stereocenters. The molecule has 1 N–H and O–H groups in total. The Hall–Kier alpha value is -1.41. The highest BCUT2D eigenvalue weighted by Crippen LogP contribution is 2.38. The van der Waals surface area contributed by atoms with E-state index in [9.17, 15) is 0 Å². The Morgan fingerprint density at radius 2 is 2.00 bits per heavy atom. The van der Waals surface area contributed by atoms with E-state index in [1.165, 1.54) is 30.3 Å². The van der Waals surface area contributed by atoms with Crippen LogP contribution in [0.1, 0.15) is 38.8 Å². The van der Waals surface area contributed by atoms with Crippen LogP contribution < -0.4 is 5.32 Å². The van der Waals surface area contributed by atoms with Crippen molar-refractivity contribution in [2.24, 2.45) is 11.8 Å². The number of hydrogen-bond acceptors (Lipinski definition) is 2. The van der Waals surface area contributed by atoms with Gasteiger partial charge in [-0.25, -0.2) is 0 Å². The summed E-state index contributed by atoms with van der Waals surface area (Å²) in [6.45, 7) is 5.75. The van der Waals surface area contributed by atoms with Crippen molar-refractivity contribution in [3.63, 3.8) is 0 Å². The highest BCUT2D eigenvalue weighted by Gasteiger charge is 2.33. The summed E-state index contributed by atoms with van der Waals surface area (Å²) in [5, 5.41) is 4.98. The SMILES string of the molecule is CCCNC(Cc1ccc2ccccc2n1)C(C)C1CC1. The van der Waals surface area contributed by atoms with E-state index < -0.39 is 0 Å². The third kappa shape index (κ3) is 3.62. The van der Waals surface area contributed by atoms with Crippen molar-refractivity contribution in [2.75, 3.05) is 6.54 Å². The minimum Gasteiger partial charge on any atom is -0.313 e. The number of pyridine rings is 1. The number of nitrogens with zero attached hydrogens (tertiary/aromatic N) is 1. The maximum absolute atomic E-state index is 4.85. The van der Waals surface area contributed by atoms with Gasteiger partial charge in [-0.3, -0.25) is 4.98 Å². The summed E-state index contributed by atoms with van der Waals surface area (Å²) < 4.78 is 0. The molecule has 1 aromatic carbocycles. The number of para-hydroxylation sites is 1. The minimum absolute atomic E-state index is 0.561. The van der Waals surface area contributed by atoms with Gasteiger partial charge in [0.2, 0.25) is 0 Å². The van der Waals surface area contributed by atoms with Crippen molar-refractivity contribution < 1.29 is 0 Å². The highest BCUT2D eigenvalue weighted by molar-refractivity contribution is 5.78. The number of benzene rings is 1. The average Bonchev–Trinajstić information content (AvgIpc) is 3.35. The molecule has 0 radical (unpaired) electrons. The Balaban J connectivity index is 1.75. The van der Waals surface area contributed by atoms with Gasteiger partial charge < -0.3 is 5.32 Å². The molecule has 0 aliphatic heterocycles. The van der Waals surface area contributed by atoms with Gasteiger partial charge in [0.15, 0.2) is 0 Å². The number of fused-ring (bicyclic) bond motifs is 1. The fourth-order valence-corrected chi connectivity index (χ4v) is 3.17. The molecular weight excluding hydrogens is 256 g/mol.